The van der Waals surface area contributed by atoms with Crippen molar-refractivity contribution in [2.75, 3.05) is 0 Å². The van der Waals surface area contributed by atoms with Crippen molar-refractivity contribution in [3.63, 3.8) is 0 Å². The number of nitrogens with one attached hydrogen (secondary N) is 2. The molecule has 1 aromatic heterocycles. The monoisotopic (exact) mass is 297 g/mol. The van der Waals surface area contributed by atoms with Gasteiger partial charge in [0.05, 0.1) is 4.90 Å². The number of aryl methyl sites for hydroxylation is 1. The Kier molecular flexibility index (Phi) is 3.34. The predicted octanol–water partition coefficient (Wildman–Crippen LogP) is 0.473. The Bertz CT molecular complexity index is 880. The average molecular weight is 297 g/mol. The summed E-state index contributed by atoms with van der Waals surface area (Å²) in [5, 5.41) is 6.51. The molecule has 0 atom stereocenters. The molecule has 0 saturated heterocycles. The van der Waals surface area contributed by atoms with E-state index in [0.29, 0.717) is 4.57 Å². The third-order valence-electron chi connectivity index (χ3n) is 2.87. The van der Waals surface area contributed by atoms with Crippen LogP contribution < -0.4 is 11.2 Å². The Morgan fingerprint density at radius 2 is 1.80 bits per heavy atom. The van der Waals surface area contributed by atoms with Gasteiger partial charge in [-0.25, -0.2) is 13.2 Å². The number of H-pyrrole nitrogens is 1. The highest BCUT2D eigenvalue weighted by atomic mass is 32.2. The van der Waals surface area contributed by atoms with Crippen molar-refractivity contribution in [3.05, 3.63) is 51.6 Å². The summed E-state index contributed by atoms with van der Waals surface area (Å²) in [4.78, 5) is 13.3. The van der Waals surface area contributed by atoms with Gasteiger partial charge in [-0.3, -0.25) is 15.0 Å². The first-order chi connectivity index (χ1) is 9.25. The summed E-state index contributed by atoms with van der Waals surface area (Å²) in [6.07, 6.45) is 0. The van der Waals surface area contributed by atoms with Crippen LogP contribution in [0.15, 0.2) is 39.0 Å². The topological polar surface area (TPSA) is 95.8 Å². The van der Waals surface area contributed by atoms with E-state index in [9.17, 15) is 17.6 Å². The number of rotatable bonds is 2. The minimum absolute atomic E-state index is 0.147. The molecule has 0 radical (unpaired) electrons. The summed E-state index contributed by atoms with van der Waals surface area (Å²) in [7, 11) is -3.04. The van der Waals surface area contributed by atoms with Gasteiger partial charge in [0.2, 0.25) is 15.7 Å². The Balaban J connectivity index is 2.77. The third-order valence-corrected chi connectivity index (χ3v) is 4.58. The molecule has 2 aromatic rings. The van der Waals surface area contributed by atoms with E-state index < -0.39 is 31.9 Å². The Morgan fingerprint density at radius 1 is 1.25 bits per heavy atom. The number of hydrogen-bond donors (Lipinski definition) is 2. The van der Waals surface area contributed by atoms with Crippen molar-refractivity contribution in [2.45, 2.75) is 16.8 Å². The number of halogens is 1. The molecule has 0 aliphatic rings. The molecule has 106 valence electrons. The number of aromatic nitrogens is 2. The molecule has 2 rings (SSSR count). The van der Waals surface area contributed by atoms with Gasteiger partial charge in [-0.2, -0.15) is 4.39 Å². The van der Waals surface area contributed by atoms with E-state index in [-0.39, 0.29) is 4.90 Å². The van der Waals surface area contributed by atoms with Crippen LogP contribution in [-0.2, 0) is 16.9 Å². The van der Waals surface area contributed by atoms with E-state index in [2.05, 4.69) is 0 Å². The van der Waals surface area contributed by atoms with Gasteiger partial charge in [0.25, 0.3) is 0 Å². The zero-order valence-electron chi connectivity index (χ0n) is 10.8. The first-order valence-electron chi connectivity index (χ1n) is 5.60. The summed E-state index contributed by atoms with van der Waals surface area (Å²) in [6, 6.07) is 5.76. The molecule has 0 saturated carbocycles. The Morgan fingerprint density at radius 3 is 2.35 bits per heavy atom. The van der Waals surface area contributed by atoms with Crippen LogP contribution in [0.4, 0.5) is 4.39 Å². The lowest BCUT2D eigenvalue weighted by atomic mass is 10.2. The number of benzene rings is 1. The fraction of sp³-hybridized carbons (Fsp3) is 0.167. The van der Waals surface area contributed by atoms with Gasteiger partial charge < -0.3 is 0 Å². The number of nitrogens with zero attached hydrogens (tertiary/aromatic N) is 1. The van der Waals surface area contributed by atoms with E-state index in [4.69, 9.17) is 5.41 Å². The Hall–Kier alpha value is -2.22. The van der Waals surface area contributed by atoms with Crippen LogP contribution in [0.5, 0.6) is 0 Å². The summed E-state index contributed by atoms with van der Waals surface area (Å²) >= 11 is 0. The molecule has 6 nitrogen and oxygen atoms in total. The van der Waals surface area contributed by atoms with Crippen LogP contribution in [0, 0.1) is 18.2 Å². The van der Waals surface area contributed by atoms with Crippen LogP contribution in [0.2, 0.25) is 0 Å². The van der Waals surface area contributed by atoms with Crippen LogP contribution >= 0.6 is 0 Å². The van der Waals surface area contributed by atoms with Crippen molar-refractivity contribution in [1.29, 1.82) is 5.41 Å². The molecule has 2 N–H and O–H groups in total. The van der Waals surface area contributed by atoms with E-state index in [1.165, 1.54) is 19.2 Å². The minimum Gasteiger partial charge on any atom is -0.295 e. The normalized spacial score (nSPS) is 11.6. The van der Waals surface area contributed by atoms with Crippen molar-refractivity contribution < 1.29 is 12.8 Å². The number of sulfone groups is 1. The molecule has 0 aliphatic carbocycles. The first-order valence-corrected chi connectivity index (χ1v) is 7.08. The zero-order valence-corrected chi connectivity index (χ0v) is 11.6. The summed E-state index contributed by atoms with van der Waals surface area (Å²) < 4.78 is 39.2. The average Bonchev–Trinajstić information content (AvgIpc) is 2.41. The highest BCUT2D eigenvalue weighted by Crippen LogP contribution is 2.19. The molecule has 0 fully saturated rings. The number of hydrogen-bond acceptors (Lipinski definition) is 4. The number of aromatic amines is 1. The third kappa shape index (κ3) is 2.18. The van der Waals surface area contributed by atoms with Crippen molar-refractivity contribution in [1.82, 2.24) is 9.55 Å². The molecule has 8 heteroatoms. The molecule has 0 amide bonds. The van der Waals surface area contributed by atoms with Gasteiger partial charge in [0.15, 0.2) is 10.5 Å². The van der Waals surface area contributed by atoms with Gasteiger partial charge >= 0.3 is 5.69 Å². The second-order valence-electron chi connectivity index (χ2n) is 4.30. The maximum Gasteiger partial charge on any atom is 0.327 e. The van der Waals surface area contributed by atoms with Crippen LogP contribution in [-0.4, -0.2) is 18.0 Å². The minimum atomic E-state index is -4.21. The maximum absolute atomic E-state index is 13.9. The van der Waals surface area contributed by atoms with Crippen LogP contribution in [0.1, 0.15) is 5.56 Å². The smallest absolute Gasteiger partial charge is 0.295 e. The summed E-state index contributed by atoms with van der Waals surface area (Å²) in [5.74, 6) is -1.28. The van der Waals surface area contributed by atoms with Crippen molar-refractivity contribution >= 4 is 9.84 Å². The quantitative estimate of drug-likeness (QED) is 0.789. The van der Waals surface area contributed by atoms with E-state index >= 15 is 0 Å². The maximum atomic E-state index is 13.9. The molecule has 0 spiro atoms. The largest absolute Gasteiger partial charge is 0.327 e. The summed E-state index contributed by atoms with van der Waals surface area (Å²) in [5.41, 5.74) is -0.819. The molecule has 0 unspecified atom stereocenters. The molecular weight excluding hydrogens is 285 g/mol. The molecule has 0 aliphatic heterocycles. The molecule has 1 aromatic carbocycles. The van der Waals surface area contributed by atoms with E-state index in [1.807, 2.05) is 4.98 Å². The van der Waals surface area contributed by atoms with E-state index in [1.54, 1.807) is 19.1 Å². The van der Waals surface area contributed by atoms with Crippen molar-refractivity contribution in [2.24, 2.45) is 7.05 Å². The molecule has 1 heterocycles. The zero-order chi connectivity index (χ0) is 15.1. The van der Waals surface area contributed by atoms with E-state index in [0.717, 1.165) is 5.56 Å². The van der Waals surface area contributed by atoms with Crippen molar-refractivity contribution in [3.8, 4) is 0 Å². The van der Waals surface area contributed by atoms with Gasteiger partial charge in [0.1, 0.15) is 0 Å². The second kappa shape index (κ2) is 4.71. The molecule has 20 heavy (non-hydrogen) atoms. The molecule has 0 bridgehead atoms. The lowest BCUT2D eigenvalue weighted by molar-refractivity contribution is 0.505. The SMILES string of the molecule is Cc1ccc(S(=O)(=O)c2[nH]c(=O)n(C)c(=N)c2F)cc1. The van der Waals surface area contributed by atoms with Gasteiger partial charge in [-0.15, -0.1) is 0 Å². The predicted molar refractivity (Wildman–Crippen MR) is 68.5 cm³/mol. The highest BCUT2D eigenvalue weighted by Gasteiger charge is 2.25. The van der Waals surface area contributed by atoms with Gasteiger partial charge in [-0.1, -0.05) is 17.7 Å². The Labute approximate surface area is 114 Å². The van der Waals surface area contributed by atoms with Crippen LogP contribution in [0.3, 0.4) is 0 Å². The fourth-order valence-electron chi connectivity index (χ4n) is 1.61. The molecular formula is C12H12FN3O3S. The van der Waals surface area contributed by atoms with Gasteiger partial charge in [-0.05, 0) is 19.1 Å². The highest BCUT2D eigenvalue weighted by molar-refractivity contribution is 7.91. The van der Waals surface area contributed by atoms with Gasteiger partial charge in [0, 0.05) is 7.05 Å². The van der Waals surface area contributed by atoms with Crippen LogP contribution in [0.25, 0.3) is 0 Å². The fourth-order valence-corrected chi connectivity index (χ4v) is 2.90. The lowest BCUT2D eigenvalue weighted by Crippen LogP contribution is -2.37. The lowest BCUT2D eigenvalue weighted by Gasteiger charge is -2.07. The standard InChI is InChI=1S/C12H12FN3O3S/c1-7-3-5-8(6-4-7)20(18,19)11-9(13)10(14)16(2)12(17)15-11/h3-6,14H,1-2H3,(H,15,17). The first kappa shape index (κ1) is 14.2. The second-order valence-corrected chi connectivity index (χ2v) is 6.18. The summed E-state index contributed by atoms with van der Waals surface area (Å²) in [6.45, 7) is 1.78.